The molecule has 0 spiro atoms. The summed E-state index contributed by atoms with van der Waals surface area (Å²) in [6.07, 6.45) is 4.49. The zero-order valence-electron chi connectivity index (χ0n) is 8.32. The molecule has 0 saturated carbocycles. The Morgan fingerprint density at radius 3 is 2.92 bits per heavy atom. The van der Waals surface area contributed by atoms with Crippen molar-refractivity contribution < 1.29 is 4.74 Å². The summed E-state index contributed by atoms with van der Waals surface area (Å²) >= 11 is 0. The van der Waals surface area contributed by atoms with Crippen LogP contribution in [0.25, 0.3) is 0 Å². The van der Waals surface area contributed by atoms with Crippen LogP contribution >= 0.6 is 0 Å². The van der Waals surface area contributed by atoms with Crippen molar-refractivity contribution in [3.63, 3.8) is 0 Å². The number of nitrogens with zero attached hydrogens (tertiary/aromatic N) is 3. The van der Waals surface area contributed by atoms with Gasteiger partial charge in [0, 0.05) is 26.7 Å². The quantitative estimate of drug-likeness (QED) is 0.610. The molecule has 0 atom stereocenters. The Hall–Kier alpha value is -1.32. The highest BCUT2D eigenvalue weighted by molar-refractivity contribution is 5.95. The second kappa shape index (κ2) is 4.64. The Morgan fingerprint density at radius 1 is 1.54 bits per heavy atom. The van der Waals surface area contributed by atoms with Crippen molar-refractivity contribution in [3.05, 3.63) is 12.3 Å². The number of rotatable bonds is 1. The molecule has 0 fully saturated rings. The SMILES string of the molecule is CCOC1=NC=CCC(N(C)C)=N1. The third kappa shape index (κ3) is 2.89. The molecular weight excluding hydrogens is 166 g/mol. The van der Waals surface area contributed by atoms with Crippen LogP contribution in [0.5, 0.6) is 0 Å². The molecule has 0 aromatic heterocycles. The predicted molar refractivity (Wildman–Crippen MR) is 53.9 cm³/mol. The lowest BCUT2D eigenvalue weighted by molar-refractivity contribution is 0.322. The number of ether oxygens (including phenoxy) is 1. The number of hydrogen-bond acceptors (Lipinski definition) is 4. The van der Waals surface area contributed by atoms with Gasteiger partial charge in [0.15, 0.2) is 0 Å². The van der Waals surface area contributed by atoms with Gasteiger partial charge in [-0.3, -0.25) is 0 Å². The summed E-state index contributed by atoms with van der Waals surface area (Å²) in [6, 6.07) is 0.444. The summed E-state index contributed by atoms with van der Waals surface area (Å²) in [6.45, 7) is 2.51. The third-order valence-electron chi connectivity index (χ3n) is 1.61. The van der Waals surface area contributed by atoms with E-state index < -0.39 is 0 Å². The lowest BCUT2D eigenvalue weighted by Gasteiger charge is -2.13. The summed E-state index contributed by atoms with van der Waals surface area (Å²) in [5.41, 5.74) is 0. The van der Waals surface area contributed by atoms with Gasteiger partial charge in [0.05, 0.1) is 6.61 Å². The highest BCUT2D eigenvalue weighted by Crippen LogP contribution is 2.01. The molecule has 1 rings (SSSR count). The molecular formula is C9H15N3O. The van der Waals surface area contributed by atoms with Gasteiger partial charge in [-0.15, -0.1) is 0 Å². The van der Waals surface area contributed by atoms with Crippen LogP contribution < -0.4 is 0 Å². The van der Waals surface area contributed by atoms with E-state index in [1.54, 1.807) is 6.20 Å². The van der Waals surface area contributed by atoms with Crippen LogP contribution in [-0.4, -0.2) is 37.5 Å². The molecule has 0 radical (unpaired) electrons. The van der Waals surface area contributed by atoms with Crippen molar-refractivity contribution >= 4 is 11.9 Å². The molecule has 4 heteroatoms. The standard InChI is InChI=1S/C9H15N3O/c1-4-13-9-10-7-5-6-8(11-9)12(2)3/h5,7H,4,6H2,1-3H3. The maximum atomic E-state index is 5.23. The van der Waals surface area contributed by atoms with Crippen molar-refractivity contribution in [1.29, 1.82) is 0 Å². The Labute approximate surface area is 78.6 Å². The Morgan fingerprint density at radius 2 is 2.31 bits per heavy atom. The second-order valence-electron chi connectivity index (χ2n) is 2.86. The molecule has 0 bridgehead atoms. The van der Waals surface area contributed by atoms with Crippen molar-refractivity contribution in [2.45, 2.75) is 13.3 Å². The molecule has 4 nitrogen and oxygen atoms in total. The van der Waals surface area contributed by atoms with Crippen LogP contribution in [-0.2, 0) is 4.74 Å². The first kappa shape index (κ1) is 9.77. The molecule has 1 aliphatic heterocycles. The van der Waals surface area contributed by atoms with E-state index >= 15 is 0 Å². The van der Waals surface area contributed by atoms with Gasteiger partial charge in [0.1, 0.15) is 5.84 Å². The van der Waals surface area contributed by atoms with Gasteiger partial charge in [-0.2, -0.15) is 4.99 Å². The first-order valence-electron chi connectivity index (χ1n) is 4.34. The summed E-state index contributed by atoms with van der Waals surface area (Å²) in [7, 11) is 3.92. The average Bonchev–Trinajstić information content (AvgIpc) is 2.30. The highest BCUT2D eigenvalue weighted by Gasteiger charge is 2.05. The van der Waals surface area contributed by atoms with Gasteiger partial charge in [-0.1, -0.05) is 6.08 Å². The van der Waals surface area contributed by atoms with E-state index in [-0.39, 0.29) is 0 Å². The van der Waals surface area contributed by atoms with E-state index in [4.69, 9.17) is 4.74 Å². The number of aliphatic imine (C=N–C) groups is 2. The predicted octanol–water partition coefficient (Wildman–Crippen LogP) is 1.26. The van der Waals surface area contributed by atoms with E-state index in [1.165, 1.54) is 0 Å². The first-order chi connectivity index (χ1) is 6.24. The van der Waals surface area contributed by atoms with Crippen molar-refractivity contribution in [1.82, 2.24) is 4.90 Å². The third-order valence-corrected chi connectivity index (χ3v) is 1.61. The molecule has 1 aliphatic rings. The van der Waals surface area contributed by atoms with Crippen LogP contribution in [0.4, 0.5) is 0 Å². The summed E-state index contributed by atoms with van der Waals surface area (Å²) in [5.74, 6) is 0.959. The Kier molecular flexibility index (Phi) is 3.49. The molecule has 72 valence electrons. The van der Waals surface area contributed by atoms with Crippen LogP contribution in [0.2, 0.25) is 0 Å². The smallest absolute Gasteiger partial charge is 0.318 e. The zero-order valence-corrected chi connectivity index (χ0v) is 8.32. The van der Waals surface area contributed by atoms with Gasteiger partial charge in [-0.05, 0) is 6.92 Å². The molecule has 0 N–H and O–H groups in total. The minimum absolute atomic E-state index is 0.444. The molecule has 1 heterocycles. The fourth-order valence-corrected chi connectivity index (χ4v) is 0.941. The number of hydrogen-bond donors (Lipinski definition) is 0. The minimum atomic E-state index is 0.444. The largest absolute Gasteiger partial charge is 0.464 e. The first-order valence-corrected chi connectivity index (χ1v) is 4.34. The van der Waals surface area contributed by atoms with Crippen LogP contribution in [0.15, 0.2) is 22.3 Å². The van der Waals surface area contributed by atoms with E-state index in [9.17, 15) is 0 Å². The van der Waals surface area contributed by atoms with Gasteiger partial charge in [-0.25, -0.2) is 4.99 Å². The number of amidine groups is 2. The van der Waals surface area contributed by atoms with E-state index in [0.717, 1.165) is 12.3 Å². The maximum Gasteiger partial charge on any atom is 0.318 e. The Balaban J connectivity index is 2.76. The molecule has 0 aromatic rings. The summed E-state index contributed by atoms with van der Waals surface area (Å²) < 4.78 is 5.23. The molecule has 0 aliphatic carbocycles. The molecule has 0 amide bonds. The molecule has 0 unspecified atom stereocenters. The summed E-state index contributed by atoms with van der Waals surface area (Å²) in [4.78, 5) is 10.3. The van der Waals surface area contributed by atoms with Crippen molar-refractivity contribution in [2.75, 3.05) is 20.7 Å². The van der Waals surface area contributed by atoms with Crippen molar-refractivity contribution in [3.8, 4) is 0 Å². The van der Waals surface area contributed by atoms with Gasteiger partial charge < -0.3 is 9.64 Å². The van der Waals surface area contributed by atoms with Gasteiger partial charge in [0.2, 0.25) is 0 Å². The lowest BCUT2D eigenvalue weighted by atomic mass is 10.3. The van der Waals surface area contributed by atoms with E-state index in [1.807, 2.05) is 32.0 Å². The Bertz CT molecular complexity index is 254. The fourth-order valence-electron chi connectivity index (χ4n) is 0.941. The van der Waals surface area contributed by atoms with E-state index in [0.29, 0.717) is 12.6 Å². The van der Waals surface area contributed by atoms with Crippen LogP contribution in [0, 0.1) is 0 Å². The fraction of sp³-hybridized carbons (Fsp3) is 0.556. The maximum absolute atomic E-state index is 5.23. The monoisotopic (exact) mass is 181 g/mol. The summed E-state index contributed by atoms with van der Waals surface area (Å²) in [5, 5.41) is 0. The topological polar surface area (TPSA) is 37.2 Å². The lowest BCUT2D eigenvalue weighted by Crippen LogP contribution is -2.22. The van der Waals surface area contributed by atoms with Crippen LogP contribution in [0.3, 0.4) is 0 Å². The normalized spacial score (nSPS) is 15.9. The second-order valence-corrected chi connectivity index (χ2v) is 2.86. The zero-order chi connectivity index (χ0) is 9.68. The average molecular weight is 181 g/mol. The molecule has 0 saturated heterocycles. The van der Waals surface area contributed by atoms with Gasteiger partial charge in [0.25, 0.3) is 0 Å². The molecule has 13 heavy (non-hydrogen) atoms. The van der Waals surface area contributed by atoms with Gasteiger partial charge >= 0.3 is 6.02 Å². The molecule has 0 aromatic carbocycles. The van der Waals surface area contributed by atoms with Crippen LogP contribution in [0.1, 0.15) is 13.3 Å². The van der Waals surface area contributed by atoms with Crippen molar-refractivity contribution in [2.24, 2.45) is 9.98 Å². The van der Waals surface area contributed by atoms with E-state index in [2.05, 4.69) is 9.98 Å². The minimum Gasteiger partial charge on any atom is -0.464 e. The highest BCUT2D eigenvalue weighted by atomic mass is 16.5.